The number of halogens is 3. The van der Waals surface area contributed by atoms with Gasteiger partial charge in [0.15, 0.2) is 17.7 Å². The number of rotatable bonds is 4. The first-order valence-corrected chi connectivity index (χ1v) is 7.35. The molecule has 6 heteroatoms. The van der Waals surface area contributed by atoms with Crippen molar-refractivity contribution < 1.29 is 18.3 Å². The van der Waals surface area contributed by atoms with E-state index < -0.39 is 23.6 Å². The van der Waals surface area contributed by atoms with E-state index in [-0.39, 0.29) is 11.4 Å². The number of anilines is 1. The third-order valence-corrected chi connectivity index (χ3v) is 3.44. The normalized spacial score (nSPS) is 11.9. The van der Waals surface area contributed by atoms with Crippen LogP contribution in [0.15, 0.2) is 40.9 Å². The van der Waals surface area contributed by atoms with Crippen LogP contribution in [0.2, 0.25) is 0 Å². The summed E-state index contributed by atoms with van der Waals surface area (Å²) in [4.78, 5) is 12.0. The molecule has 1 N–H and O–H groups in total. The van der Waals surface area contributed by atoms with E-state index in [1.165, 1.54) is 31.2 Å². The van der Waals surface area contributed by atoms with Crippen LogP contribution in [0.4, 0.5) is 14.5 Å². The zero-order chi connectivity index (χ0) is 16.3. The van der Waals surface area contributed by atoms with Crippen molar-refractivity contribution in [2.24, 2.45) is 0 Å². The Kier molecular flexibility index (Phi) is 5.13. The predicted octanol–water partition coefficient (Wildman–Crippen LogP) is 4.44. The minimum Gasteiger partial charge on any atom is -0.478 e. The van der Waals surface area contributed by atoms with E-state index >= 15 is 0 Å². The molecule has 0 aliphatic heterocycles. The molecule has 0 saturated carbocycles. The standard InChI is InChI=1S/C16H14BrF2NO2/c1-9-3-5-14(12(18)7-9)20-16(21)10(2)22-15-6-4-11(17)8-13(15)19/h3-8,10H,1-2H3,(H,20,21). The molecule has 22 heavy (non-hydrogen) atoms. The van der Waals surface area contributed by atoms with Crippen molar-refractivity contribution in [3.8, 4) is 5.75 Å². The molecule has 116 valence electrons. The summed E-state index contributed by atoms with van der Waals surface area (Å²) in [7, 11) is 0. The molecule has 1 atom stereocenters. The highest BCUT2D eigenvalue weighted by Crippen LogP contribution is 2.23. The van der Waals surface area contributed by atoms with Gasteiger partial charge in [-0.15, -0.1) is 0 Å². The molecule has 0 spiro atoms. The lowest BCUT2D eigenvalue weighted by Gasteiger charge is -2.15. The van der Waals surface area contributed by atoms with Crippen LogP contribution in [0.25, 0.3) is 0 Å². The van der Waals surface area contributed by atoms with Crippen molar-refractivity contribution in [3.05, 3.63) is 58.1 Å². The highest BCUT2D eigenvalue weighted by Gasteiger charge is 2.18. The maximum Gasteiger partial charge on any atom is 0.265 e. The number of hydrogen-bond acceptors (Lipinski definition) is 2. The van der Waals surface area contributed by atoms with Crippen LogP contribution in [0.3, 0.4) is 0 Å². The molecule has 0 aliphatic carbocycles. The smallest absolute Gasteiger partial charge is 0.265 e. The number of carbonyl (C=O) groups is 1. The van der Waals surface area contributed by atoms with Gasteiger partial charge in [-0.25, -0.2) is 8.78 Å². The second kappa shape index (κ2) is 6.87. The molecule has 1 amide bonds. The number of aryl methyl sites for hydroxylation is 1. The summed E-state index contributed by atoms with van der Waals surface area (Å²) < 4.78 is 33.2. The summed E-state index contributed by atoms with van der Waals surface area (Å²) in [6, 6.07) is 8.71. The fraction of sp³-hybridized carbons (Fsp3) is 0.188. The number of nitrogens with one attached hydrogen (secondary N) is 1. The zero-order valence-corrected chi connectivity index (χ0v) is 13.6. The lowest BCUT2D eigenvalue weighted by Crippen LogP contribution is -2.30. The van der Waals surface area contributed by atoms with E-state index in [0.29, 0.717) is 4.47 Å². The van der Waals surface area contributed by atoms with Gasteiger partial charge in [0.25, 0.3) is 5.91 Å². The minimum absolute atomic E-state index is 0.0461. The fourth-order valence-corrected chi connectivity index (χ4v) is 2.10. The monoisotopic (exact) mass is 369 g/mol. The number of hydrogen-bond donors (Lipinski definition) is 1. The molecule has 2 rings (SSSR count). The Bertz CT molecular complexity index is 707. The van der Waals surface area contributed by atoms with Crippen LogP contribution >= 0.6 is 15.9 Å². The highest BCUT2D eigenvalue weighted by molar-refractivity contribution is 9.10. The summed E-state index contributed by atoms with van der Waals surface area (Å²) in [6.45, 7) is 3.21. The first-order chi connectivity index (χ1) is 10.4. The van der Waals surface area contributed by atoms with Gasteiger partial charge in [0.2, 0.25) is 0 Å². The quantitative estimate of drug-likeness (QED) is 0.864. The van der Waals surface area contributed by atoms with Crippen LogP contribution in [0, 0.1) is 18.6 Å². The van der Waals surface area contributed by atoms with Crippen LogP contribution in [-0.4, -0.2) is 12.0 Å². The molecule has 0 saturated heterocycles. The third kappa shape index (κ3) is 4.04. The van der Waals surface area contributed by atoms with Crippen molar-refractivity contribution in [3.63, 3.8) is 0 Å². The van der Waals surface area contributed by atoms with Gasteiger partial charge in [0.05, 0.1) is 5.69 Å². The van der Waals surface area contributed by atoms with E-state index in [1.54, 1.807) is 19.1 Å². The van der Waals surface area contributed by atoms with Crippen molar-refractivity contribution in [2.45, 2.75) is 20.0 Å². The van der Waals surface area contributed by atoms with E-state index in [2.05, 4.69) is 21.2 Å². The van der Waals surface area contributed by atoms with Gasteiger partial charge < -0.3 is 10.1 Å². The van der Waals surface area contributed by atoms with Crippen LogP contribution in [0.5, 0.6) is 5.75 Å². The van der Waals surface area contributed by atoms with Crippen LogP contribution in [-0.2, 0) is 4.79 Å². The molecule has 0 aliphatic rings. The van der Waals surface area contributed by atoms with Crippen LogP contribution < -0.4 is 10.1 Å². The Hall–Kier alpha value is -1.95. The van der Waals surface area contributed by atoms with Crippen molar-refractivity contribution in [1.29, 1.82) is 0 Å². The SMILES string of the molecule is Cc1ccc(NC(=O)C(C)Oc2ccc(Br)cc2F)c(F)c1. The van der Waals surface area contributed by atoms with Gasteiger partial charge in [0, 0.05) is 4.47 Å². The Morgan fingerprint density at radius 1 is 1.18 bits per heavy atom. The number of ether oxygens (including phenoxy) is 1. The van der Waals surface area contributed by atoms with Crippen molar-refractivity contribution in [1.82, 2.24) is 0 Å². The zero-order valence-electron chi connectivity index (χ0n) is 12.0. The Labute approximate surface area is 135 Å². The van der Waals surface area contributed by atoms with E-state index in [1.807, 2.05) is 0 Å². The Morgan fingerprint density at radius 2 is 1.91 bits per heavy atom. The summed E-state index contributed by atoms with van der Waals surface area (Å²) in [5, 5.41) is 2.42. The summed E-state index contributed by atoms with van der Waals surface area (Å²) in [5.41, 5.74) is 0.805. The topological polar surface area (TPSA) is 38.3 Å². The number of carbonyl (C=O) groups excluding carboxylic acids is 1. The second-order valence-electron chi connectivity index (χ2n) is 4.81. The molecule has 2 aromatic carbocycles. The van der Waals surface area contributed by atoms with Gasteiger partial charge in [-0.2, -0.15) is 0 Å². The van der Waals surface area contributed by atoms with Gasteiger partial charge in [-0.1, -0.05) is 22.0 Å². The van der Waals surface area contributed by atoms with E-state index in [4.69, 9.17) is 4.74 Å². The summed E-state index contributed by atoms with van der Waals surface area (Å²) in [5.74, 6) is -1.73. The molecule has 0 bridgehead atoms. The highest BCUT2D eigenvalue weighted by atomic mass is 79.9. The third-order valence-electron chi connectivity index (χ3n) is 2.95. The summed E-state index contributed by atoms with van der Waals surface area (Å²) >= 11 is 3.13. The molecular formula is C16H14BrF2NO2. The predicted molar refractivity (Wildman–Crippen MR) is 84.0 cm³/mol. The average Bonchev–Trinajstić information content (AvgIpc) is 2.44. The molecule has 0 heterocycles. The molecular weight excluding hydrogens is 356 g/mol. The summed E-state index contributed by atoms with van der Waals surface area (Å²) in [6.07, 6.45) is -0.976. The van der Waals surface area contributed by atoms with E-state index in [9.17, 15) is 13.6 Å². The van der Waals surface area contributed by atoms with Gasteiger partial charge in [-0.05, 0) is 49.7 Å². The number of benzene rings is 2. The lowest BCUT2D eigenvalue weighted by atomic mass is 10.2. The van der Waals surface area contributed by atoms with Crippen molar-refractivity contribution in [2.75, 3.05) is 5.32 Å². The van der Waals surface area contributed by atoms with Crippen molar-refractivity contribution >= 4 is 27.5 Å². The Morgan fingerprint density at radius 3 is 2.55 bits per heavy atom. The minimum atomic E-state index is -0.976. The molecule has 1 unspecified atom stereocenters. The van der Waals surface area contributed by atoms with E-state index in [0.717, 1.165) is 5.56 Å². The lowest BCUT2D eigenvalue weighted by molar-refractivity contribution is -0.122. The Balaban J connectivity index is 2.05. The molecule has 3 nitrogen and oxygen atoms in total. The van der Waals surface area contributed by atoms with Gasteiger partial charge in [-0.3, -0.25) is 4.79 Å². The molecule has 0 radical (unpaired) electrons. The first-order valence-electron chi connectivity index (χ1n) is 6.55. The second-order valence-corrected chi connectivity index (χ2v) is 5.72. The largest absolute Gasteiger partial charge is 0.478 e. The maximum atomic E-state index is 13.7. The maximum absolute atomic E-state index is 13.7. The fourth-order valence-electron chi connectivity index (χ4n) is 1.77. The van der Waals surface area contributed by atoms with Gasteiger partial charge >= 0.3 is 0 Å². The van der Waals surface area contributed by atoms with Crippen LogP contribution in [0.1, 0.15) is 12.5 Å². The number of amides is 1. The first kappa shape index (κ1) is 16.4. The molecule has 0 fully saturated rings. The van der Waals surface area contributed by atoms with Gasteiger partial charge in [0.1, 0.15) is 5.82 Å². The average molecular weight is 370 g/mol. The molecule has 0 aromatic heterocycles. The molecule has 2 aromatic rings.